The molecule has 0 unspecified atom stereocenters. The van der Waals surface area contributed by atoms with Crippen LogP contribution < -0.4 is 0 Å². The first-order valence-electron chi connectivity index (χ1n) is 6.79. The zero-order valence-corrected chi connectivity index (χ0v) is 13.9. The zero-order chi connectivity index (χ0) is 16.4. The summed E-state index contributed by atoms with van der Waals surface area (Å²) < 4.78 is 29.2. The van der Waals surface area contributed by atoms with Crippen LogP contribution in [0.25, 0.3) is 0 Å². The molecule has 0 bridgehead atoms. The molecule has 0 N–H and O–H groups in total. The number of ketones is 1. The molecule has 1 aliphatic heterocycles. The zero-order valence-electron chi connectivity index (χ0n) is 12.2. The van der Waals surface area contributed by atoms with Gasteiger partial charge in [-0.3, -0.25) is 4.79 Å². The summed E-state index contributed by atoms with van der Waals surface area (Å²) in [5.41, 5.74) is 1.71. The van der Waals surface area contributed by atoms with Gasteiger partial charge in [0, 0.05) is 17.5 Å². The normalized spacial score (nSPS) is 16.2. The Balaban J connectivity index is 1.83. The smallest absolute Gasteiger partial charge is 0.338 e. The average Bonchev–Trinajstić information content (AvgIpc) is 2.55. The predicted octanol–water partition coefficient (Wildman–Crippen LogP) is 2.97. The fourth-order valence-corrected chi connectivity index (χ4v) is 3.80. The van der Waals surface area contributed by atoms with Crippen LogP contribution in [0.3, 0.4) is 0 Å². The lowest BCUT2D eigenvalue weighted by Crippen LogP contribution is -2.14. The lowest BCUT2D eigenvalue weighted by molar-refractivity contribution is 0.102. The van der Waals surface area contributed by atoms with E-state index in [2.05, 4.69) is 4.98 Å². The molecule has 1 aliphatic rings. The summed E-state index contributed by atoms with van der Waals surface area (Å²) in [6.07, 6.45) is 2.65. The number of aryl methyl sites for hydroxylation is 1. The van der Waals surface area contributed by atoms with E-state index in [1.807, 2.05) is 6.92 Å². The van der Waals surface area contributed by atoms with Crippen molar-refractivity contribution < 1.29 is 17.4 Å². The quantitative estimate of drug-likeness (QED) is 0.483. The molecule has 0 amide bonds. The number of rotatable bonds is 3. The number of Topliss-reactive ketones (excluding diaryl/α,β-unsaturated/α-hetero) is 1. The Morgan fingerprint density at radius 1 is 1.22 bits per heavy atom. The van der Waals surface area contributed by atoms with Crippen LogP contribution in [-0.2, 0) is 14.3 Å². The first-order chi connectivity index (χ1) is 11.0. The van der Waals surface area contributed by atoms with E-state index in [9.17, 15) is 13.2 Å². The molecule has 2 aromatic rings. The van der Waals surface area contributed by atoms with Crippen molar-refractivity contribution in [2.75, 3.05) is 5.75 Å². The van der Waals surface area contributed by atoms with Gasteiger partial charge in [0.15, 0.2) is 5.78 Å². The summed E-state index contributed by atoms with van der Waals surface area (Å²) in [6.45, 7) is 1.86. The maximum atomic E-state index is 12.3. The van der Waals surface area contributed by atoms with Crippen molar-refractivity contribution in [2.45, 2.75) is 16.8 Å². The van der Waals surface area contributed by atoms with Crippen LogP contribution in [0.1, 0.15) is 15.9 Å². The summed E-state index contributed by atoms with van der Waals surface area (Å²) in [4.78, 5) is 16.5. The number of aromatic nitrogens is 1. The van der Waals surface area contributed by atoms with E-state index in [0.717, 1.165) is 11.8 Å². The van der Waals surface area contributed by atoms with Crippen LogP contribution in [0.4, 0.5) is 0 Å². The molecule has 118 valence electrons. The Labute approximate surface area is 138 Å². The second kappa shape index (κ2) is 6.17. The van der Waals surface area contributed by atoms with Gasteiger partial charge >= 0.3 is 10.1 Å². The maximum absolute atomic E-state index is 12.3. The molecule has 2 heterocycles. The molecule has 23 heavy (non-hydrogen) atoms. The van der Waals surface area contributed by atoms with Crippen LogP contribution in [0.5, 0.6) is 0 Å². The Hall–Kier alpha value is -2.12. The van der Waals surface area contributed by atoms with Gasteiger partial charge in [-0.2, -0.15) is 8.42 Å². The number of pyridine rings is 1. The standard InChI is InChI=1S/C16H13NO4S2/c1-11-4-6-13(7-5-11)23(19,20)21-9-12-10-22-16-14(15(12)18)3-2-8-17-16/h2-9H,10H2,1H3/b12-9-. The molecule has 0 spiro atoms. The topological polar surface area (TPSA) is 73.3 Å². The highest BCUT2D eigenvalue weighted by atomic mass is 32.2. The number of hydrogen-bond acceptors (Lipinski definition) is 6. The van der Waals surface area contributed by atoms with Gasteiger partial charge in [0.05, 0.1) is 5.56 Å². The number of fused-ring (bicyclic) bond motifs is 1. The number of thioether (sulfide) groups is 1. The van der Waals surface area contributed by atoms with Crippen LogP contribution in [-0.4, -0.2) is 24.9 Å². The predicted molar refractivity (Wildman–Crippen MR) is 86.8 cm³/mol. The number of carbonyl (C=O) groups is 1. The third-order valence-corrected chi connectivity index (χ3v) is 5.55. The molecule has 0 saturated heterocycles. The first kappa shape index (κ1) is 15.8. The molecule has 0 radical (unpaired) electrons. The number of hydrogen-bond donors (Lipinski definition) is 0. The van der Waals surface area contributed by atoms with Crippen molar-refractivity contribution in [1.82, 2.24) is 4.98 Å². The summed E-state index contributed by atoms with van der Waals surface area (Å²) in [7, 11) is -3.93. The van der Waals surface area contributed by atoms with Crippen LogP contribution >= 0.6 is 11.8 Å². The molecule has 1 aromatic carbocycles. The lowest BCUT2D eigenvalue weighted by Gasteiger charge is -2.15. The Bertz CT molecular complexity index is 887. The van der Waals surface area contributed by atoms with E-state index in [1.165, 1.54) is 23.9 Å². The van der Waals surface area contributed by atoms with Crippen molar-refractivity contribution >= 4 is 27.7 Å². The SMILES string of the molecule is Cc1ccc(S(=O)(=O)O/C=C2/CSc3ncccc3C2=O)cc1. The largest absolute Gasteiger partial charge is 0.386 e. The fourth-order valence-electron chi connectivity index (χ4n) is 2.03. The van der Waals surface area contributed by atoms with Gasteiger partial charge in [-0.15, -0.1) is 11.8 Å². The van der Waals surface area contributed by atoms with Gasteiger partial charge < -0.3 is 4.18 Å². The summed E-state index contributed by atoms with van der Waals surface area (Å²) >= 11 is 1.37. The highest BCUT2D eigenvalue weighted by Crippen LogP contribution is 2.30. The molecular formula is C16H13NO4S2. The highest BCUT2D eigenvalue weighted by molar-refractivity contribution is 7.99. The van der Waals surface area contributed by atoms with E-state index < -0.39 is 10.1 Å². The second-order valence-corrected chi connectivity index (χ2v) is 7.52. The minimum atomic E-state index is -3.93. The molecule has 0 atom stereocenters. The average molecular weight is 347 g/mol. The van der Waals surface area contributed by atoms with E-state index in [-0.39, 0.29) is 10.7 Å². The second-order valence-electron chi connectivity index (χ2n) is 4.98. The molecule has 1 aromatic heterocycles. The van der Waals surface area contributed by atoms with Gasteiger partial charge in [0.25, 0.3) is 0 Å². The first-order valence-corrected chi connectivity index (χ1v) is 9.18. The highest BCUT2D eigenvalue weighted by Gasteiger charge is 2.24. The number of benzene rings is 1. The lowest BCUT2D eigenvalue weighted by atomic mass is 10.1. The van der Waals surface area contributed by atoms with Crippen LogP contribution in [0, 0.1) is 6.92 Å². The van der Waals surface area contributed by atoms with Crippen molar-refractivity contribution in [3.8, 4) is 0 Å². The monoisotopic (exact) mass is 347 g/mol. The van der Waals surface area contributed by atoms with Crippen LogP contribution in [0.15, 0.2) is 64.4 Å². The molecule has 7 heteroatoms. The third-order valence-electron chi connectivity index (χ3n) is 3.30. The van der Waals surface area contributed by atoms with E-state index in [4.69, 9.17) is 4.18 Å². The fraction of sp³-hybridized carbons (Fsp3) is 0.125. The molecule has 0 saturated carbocycles. The van der Waals surface area contributed by atoms with Crippen molar-refractivity contribution in [2.24, 2.45) is 0 Å². The van der Waals surface area contributed by atoms with Crippen molar-refractivity contribution in [3.05, 3.63) is 65.6 Å². The van der Waals surface area contributed by atoms with Crippen LogP contribution in [0.2, 0.25) is 0 Å². The van der Waals surface area contributed by atoms with Gasteiger partial charge in [-0.1, -0.05) is 17.7 Å². The molecule has 5 nitrogen and oxygen atoms in total. The summed E-state index contributed by atoms with van der Waals surface area (Å²) in [5, 5.41) is 0.649. The third kappa shape index (κ3) is 3.30. The van der Waals surface area contributed by atoms with E-state index in [0.29, 0.717) is 21.9 Å². The van der Waals surface area contributed by atoms with E-state index >= 15 is 0 Å². The molecule has 0 aliphatic carbocycles. The Morgan fingerprint density at radius 3 is 2.70 bits per heavy atom. The van der Waals surface area contributed by atoms with E-state index in [1.54, 1.807) is 30.5 Å². The van der Waals surface area contributed by atoms with Crippen molar-refractivity contribution in [3.63, 3.8) is 0 Å². The minimum Gasteiger partial charge on any atom is -0.386 e. The van der Waals surface area contributed by atoms with Gasteiger partial charge in [-0.25, -0.2) is 4.98 Å². The molecule has 3 rings (SSSR count). The Morgan fingerprint density at radius 2 is 1.96 bits per heavy atom. The van der Waals surface area contributed by atoms with Gasteiger partial charge in [0.2, 0.25) is 0 Å². The molecule has 0 fully saturated rings. The summed E-state index contributed by atoms with van der Waals surface area (Å²) in [6, 6.07) is 9.66. The Kier molecular flexibility index (Phi) is 4.23. The number of nitrogens with zero attached hydrogens (tertiary/aromatic N) is 1. The number of carbonyl (C=O) groups excluding carboxylic acids is 1. The maximum Gasteiger partial charge on any atom is 0.338 e. The van der Waals surface area contributed by atoms with Gasteiger partial charge in [0.1, 0.15) is 16.2 Å². The summed E-state index contributed by atoms with van der Waals surface area (Å²) in [5.74, 6) is 0.0673. The van der Waals surface area contributed by atoms with Gasteiger partial charge in [-0.05, 0) is 31.2 Å². The van der Waals surface area contributed by atoms with Crippen molar-refractivity contribution in [1.29, 1.82) is 0 Å². The minimum absolute atomic E-state index is 0.0536. The molecular weight excluding hydrogens is 334 g/mol.